The number of carbonyl (C=O) groups excluding carboxylic acids is 1. The molecule has 21 heavy (non-hydrogen) atoms. The molecular weight excluding hydrogens is 268 g/mol. The van der Waals surface area contributed by atoms with Crippen LogP contribution in [0.25, 0.3) is 0 Å². The van der Waals surface area contributed by atoms with Gasteiger partial charge < -0.3 is 20.1 Å². The Kier molecular flexibility index (Phi) is 5.44. The second kappa shape index (κ2) is 7.31. The van der Waals surface area contributed by atoms with Gasteiger partial charge in [-0.3, -0.25) is 4.79 Å². The van der Waals surface area contributed by atoms with Gasteiger partial charge in [0.25, 0.3) is 0 Å². The number of hydrogen-bond donors (Lipinski definition) is 1. The molecule has 0 radical (unpaired) electrons. The number of methoxy groups -OCH3 is 1. The van der Waals surface area contributed by atoms with Gasteiger partial charge in [-0.15, -0.1) is 0 Å². The summed E-state index contributed by atoms with van der Waals surface area (Å²) < 4.78 is 10.9. The Bertz CT molecular complexity index is 478. The largest absolute Gasteiger partial charge is 0.493 e. The van der Waals surface area contributed by atoms with Crippen molar-refractivity contribution < 1.29 is 14.3 Å². The highest BCUT2D eigenvalue weighted by molar-refractivity contribution is 5.79. The highest BCUT2D eigenvalue weighted by Crippen LogP contribution is 2.27. The third kappa shape index (κ3) is 3.88. The predicted molar refractivity (Wildman–Crippen MR) is 81.4 cm³/mol. The highest BCUT2D eigenvalue weighted by Gasteiger charge is 2.31. The fourth-order valence-electron chi connectivity index (χ4n) is 2.72. The van der Waals surface area contributed by atoms with Crippen molar-refractivity contribution >= 4 is 5.91 Å². The molecule has 5 nitrogen and oxygen atoms in total. The molecule has 1 aliphatic rings. The Hall–Kier alpha value is -1.75. The van der Waals surface area contributed by atoms with Gasteiger partial charge in [0.2, 0.25) is 5.91 Å². The van der Waals surface area contributed by atoms with Crippen LogP contribution >= 0.6 is 0 Å². The van der Waals surface area contributed by atoms with Crippen molar-refractivity contribution in [3.8, 4) is 11.5 Å². The van der Waals surface area contributed by atoms with E-state index < -0.39 is 0 Å². The molecule has 0 aliphatic heterocycles. The minimum Gasteiger partial charge on any atom is -0.493 e. The van der Waals surface area contributed by atoms with Gasteiger partial charge >= 0.3 is 0 Å². The Morgan fingerprint density at radius 2 is 2.05 bits per heavy atom. The summed E-state index contributed by atoms with van der Waals surface area (Å²) in [6.07, 6.45) is 2.89. The Morgan fingerprint density at radius 1 is 1.33 bits per heavy atom. The summed E-state index contributed by atoms with van der Waals surface area (Å²) in [5.41, 5.74) is 5.98. The summed E-state index contributed by atoms with van der Waals surface area (Å²) in [5, 5.41) is 0. The monoisotopic (exact) mass is 292 g/mol. The first-order chi connectivity index (χ1) is 10.1. The van der Waals surface area contributed by atoms with E-state index in [4.69, 9.17) is 15.2 Å². The second-order valence-corrected chi connectivity index (χ2v) is 5.46. The SMILES string of the molecule is COc1ccccc1OCCN(C)C(=O)[C@@H]1CCC[C@H]1N. The van der Waals surface area contributed by atoms with Crippen molar-refractivity contribution in [2.24, 2.45) is 11.7 Å². The molecule has 1 aliphatic carbocycles. The number of para-hydroxylation sites is 2. The number of benzene rings is 1. The van der Waals surface area contributed by atoms with Crippen LogP contribution in [-0.4, -0.2) is 44.2 Å². The van der Waals surface area contributed by atoms with Crippen LogP contribution in [0.3, 0.4) is 0 Å². The van der Waals surface area contributed by atoms with Crippen LogP contribution in [0.2, 0.25) is 0 Å². The topological polar surface area (TPSA) is 64.8 Å². The van der Waals surface area contributed by atoms with Crippen molar-refractivity contribution in [3.63, 3.8) is 0 Å². The fraction of sp³-hybridized carbons (Fsp3) is 0.562. The quantitative estimate of drug-likeness (QED) is 0.866. The average molecular weight is 292 g/mol. The maximum atomic E-state index is 12.3. The van der Waals surface area contributed by atoms with Crippen LogP contribution in [0.1, 0.15) is 19.3 Å². The lowest BCUT2D eigenvalue weighted by atomic mass is 10.0. The van der Waals surface area contributed by atoms with E-state index in [0.717, 1.165) is 19.3 Å². The molecule has 1 amide bonds. The van der Waals surface area contributed by atoms with Gasteiger partial charge in [-0.05, 0) is 25.0 Å². The van der Waals surface area contributed by atoms with Gasteiger partial charge in [0.15, 0.2) is 11.5 Å². The summed E-state index contributed by atoms with van der Waals surface area (Å²) in [6.45, 7) is 0.977. The molecule has 116 valence electrons. The van der Waals surface area contributed by atoms with E-state index in [2.05, 4.69) is 0 Å². The van der Waals surface area contributed by atoms with E-state index in [1.807, 2.05) is 24.3 Å². The first-order valence-corrected chi connectivity index (χ1v) is 7.40. The van der Waals surface area contributed by atoms with Crippen molar-refractivity contribution in [2.75, 3.05) is 27.3 Å². The molecule has 0 aromatic heterocycles. The molecule has 0 spiro atoms. The van der Waals surface area contributed by atoms with E-state index >= 15 is 0 Å². The van der Waals surface area contributed by atoms with E-state index in [0.29, 0.717) is 24.7 Å². The number of carbonyl (C=O) groups is 1. The number of nitrogens with zero attached hydrogens (tertiary/aromatic N) is 1. The van der Waals surface area contributed by atoms with E-state index in [9.17, 15) is 4.79 Å². The normalized spacial score (nSPS) is 21.1. The lowest BCUT2D eigenvalue weighted by Gasteiger charge is -2.23. The number of hydrogen-bond acceptors (Lipinski definition) is 4. The van der Waals surface area contributed by atoms with Crippen LogP contribution in [0.5, 0.6) is 11.5 Å². The number of likely N-dealkylation sites (N-methyl/N-ethyl adjacent to an activating group) is 1. The molecule has 0 bridgehead atoms. The molecule has 0 heterocycles. The lowest BCUT2D eigenvalue weighted by Crippen LogP contribution is -2.41. The lowest BCUT2D eigenvalue weighted by molar-refractivity contribution is -0.134. The summed E-state index contributed by atoms with van der Waals surface area (Å²) in [5.74, 6) is 1.49. The molecule has 2 N–H and O–H groups in total. The molecule has 2 atom stereocenters. The number of nitrogens with two attached hydrogens (primary N) is 1. The van der Waals surface area contributed by atoms with E-state index in [-0.39, 0.29) is 17.9 Å². The Morgan fingerprint density at radius 3 is 2.67 bits per heavy atom. The molecule has 0 unspecified atom stereocenters. The standard InChI is InChI=1S/C16H24N2O3/c1-18(16(19)12-6-5-7-13(12)17)10-11-21-15-9-4-3-8-14(15)20-2/h3-4,8-9,12-13H,5-7,10-11,17H2,1-2H3/t12-,13-/m1/s1. The average Bonchev–Trinajstić information content (AvgIpc) is 2.93. The molecule has 0 saturated heterocycles. The first-order valence-electron chi connectivity index (χ1n) is 7.40. The second-order valence-electron chi connectivity index (χ2n) is 5.46. The van der Waals surface area contributed by atoms with Gasteiger partial charge in [-0.25, -0.2) is 0 Å². The van der Waals surface area contributed by atoms with Crippen LogP contribution in [0.4, 0.5) is 0 Å². The van der Waals surface area contributed by atoms with Crippen LogP contribution in [0.15, 0.2) is 24.3 Å². The number of ether oxygens (including phenoxy) is 2. The van der Waals surface area contributed by atoms with Crippen molar-refractivity contribution in [1.82, 2.24) is 4.90 Å². The minimum absolute atomic E-state index is 0.00934. The van der Waals surface area contributed by atoms with Gasteiger partial charge in [0, 0.05) is 13.1 Å². The zero-order chi connectivity index (χ0) is 15.2. The van der Waals surface area contributed by atoms with Crippen molar-refractivity contribution in [3.05, 3.63) is 24.3 Å². The molecule has 5 heteroatoms. The smallest absolute Gasteiger partial charge is 0.227 e. The minimum atomic E-state index is -0.0266. The maximum Gasteiger partial charge on any atom is 0.227 e. The number of rotatable bonds is 6. The van der Waals surface area contributed by atoms with Crippen LogP contribution in [-0.2, 0) is 4.79 Å². The maximum absolute atomic E-state index is 12.3. The van der Waals surface area contributed by atoms with Crippen LogP contribution < -0.4 is 15.2 Å². The molecule has 1 saturated carbocycles. The van der Waals surface area contributed by atoms with Gasteiger partial charge in [-0.2, -0.15) is 0 Å². The van der Waals surface area contributed by atoms with E-state index in [1.54, 1.807) is 19.1 Å². The van der Waals surface area contributed by atoms with E-state index in [1.165, 1.54) is 0 Å². The number of amides is 1. The Labute approximate surface area is 126 Å². The van der Waals surface area contributed by atoms with Crippen LogP contribution in [0, 0.1) is 5.92 Å². The molecule has 1 fully saturated rings. The Balaban J connectivity index is 1.81. The van der Waals surface area contributed by atoms with Gasteiger partial charge in [0.1, 0.15) is 6.61 Å². The predicted octanol–water partition coefficient (Wildman–Crippen LogP) is 1.66. The molecule has 1 aromatic carbocycles. The summed E-state index contributed by atoms with van der Waals surface area (Å²) in [4.78, 5) is 14.0. The zero-order valence-electron chi connectivity index (χ0n) is 12.7. The first kappa shape index (κ1) is 15.6. The summed E-state index contributed by atoms with van der Waals surface area (Å²) in [6, 6.07) is 7.50. The third-order valence-electron chi connectivity index (χ3n) is 4.02. The fourth-order valence-corrected chi connectivity index (χ4v) is 2.72. The van der Waals surface area contributed by atoms with Gasteiger partial charge in [0.05, 0.1) is 19.6 Å². The third-order valence-corrected chi connectivity index (χ3v) is 4.02. The summed E-state index contributed by atoms with van der Waals surface area (Å²) in [7, 11) is 3.41. The van der Waals surface area contributed by atoms with Gasteiger partial charge in [-0.1, -0.05) is 18.6 Å². The van der Waals surface area contributed by atoms with Crippen molar-refractivity contribution in [1.29, 1.82) is 0 Å². The molecule has 1 aromatic rings. The summed E-state index contributed by atoms with van der Waals surface area (Å²) >= 11 is 0. The molecular formula is C16H24N2O3. The highest BCUT2D eigenvalue weighted by atomic mass is 16.5. The van der Waals surface area contributed by atoms with Crippen molar-refractivity contribution in [2.45, 2.75) is 25.3 Å². The zero-order valence-corrected chi connectivity index (χ0v) is 12.7. The molecule has 2 rings (SSSR count).